The lowest BCUT2D eigenvalue weighted by Gasteiger charge is -2.17. The molecular formula is C14H14F3NS. The Morgan fingerprint density at radius 3 is 2.32 bits per heavy atom. The fraction of sp³-hybridized carbons (Fsp3) is 0.286. The SMILES string of the molecule is CNC(Cc1ccsc1)c1ccc(C(F)(F)F)cc1. The minimum Gasteiger partial charge on any atom is -0.313 e. The fourth-order valence-electron chi connectivity index (χ4n) is 1.94. The van der Waals surface area contributed by atoms with Gasteiger partial charge >= 0.3 is 6.18 Å². The quantitative estimate of drug-likeness (QED) is 0.884. The monoisotopic (exact) mass is 285 g/mol. The molecular weight excluding hydrogens is 271 g/mol. The zero-order valence-corrected chi connectivity index (χ0v) is 11.2. The third-order valence-corrected chi connectivity index (χ3v) is 3.74. The third-order valence-electron chi connectivity index (χ3n) is 3.01. The van der Waals surface area contributed by atoms with Crippen molar-refractivity contribution in [2.45, 2.75) is 18.6 Å². The number of halogens is 3. The van der Waals surface area contributed by atoms with Gasteiger partial charge in [-0.25, -0.2) is 0 Å². The van der Waals surface area contributed by atoms with Crippen LogP contribution in [0.4, 0.5) is 13.2 Å². The molecule has 0 amide bonds. The molecule has 2 aromatic rings. The maximum absolute atomic E-state index is 12.5. The predicted molar refractivity (Wildman–Crippen MR) is 71.3 cm³/mol. The zero-order valence-electron chi connectivity index (χ0n) is 10.4. The lowest BCUT2D eigenvalue weighted by Crippen LogP contribution is -2.18. The van der Waals surface area contributed by atoms with Gasteiger partial charge in [0.2, 0.25) is 0 Å². The van der Waals surface area contributed by atoms with E-state index in [0.29, 0.717) is 0 Å². The van der Waals surface area contributed by atoms with E-state index in [1.807, 2.05) is 18.5 Å². The highest BCUT2D eigenvalue weighted by Gasteiger charge is 2.30. The van der Waals surface area contributed by atoms with Gasteiger partial charge in [0.15, 0.2) is 0 Å². The number of rotatable bonds is 4. The van der Waals surface area contributed by atoms with Crippen molar-refractivity contribution in [1.29, 1.82) is 0 Å². The maximum Gasteiger partial charge on any atom is 0.416 e. The second kappa shape index (κ2) is 5.75. The van der Waals surface area contributed by atoms with E-state index in [9.17, 15) is 13.2 Å². The molecule has 0 bridgehead atoms. The minimum absolute atomic E-state index is 0.0249. The van der Waals surface area contributed by atoms with Gasteiger partial charge in [-0.3, -0.25) is 0 Å². The van der Waals surface area contributed by atoms with Gasteiger partial charge in [0.05, 0.1) is 5.56 Å². The van der Waals surface area contributed by atoms with Gasteiger partial charge in [0, 0.05) is 6.04 Å². The van der Waals surface area contributed by atoms with Gasteiger partial charge in [-0.2, -0.15) is 24.5 Å². The van der Waals surface area contributed by atoms with Crippen LogP contribution in [0, 0.1) is 0 Å². The number of hydrogen-bond acceptors (Lipinski definition) is 2. The van der Waals surface area contributed by atoms with Crippen LogP contribution in [0.25, 0.3) is 0 Å². The lowest BCUT2D eigenvalue weighted by atomic mass is 9.99. The molecule has 1 N–H and O–H groups in total. The summed E-state index contributed by atoms with van der Waals surface area (Å²) in [5, 5.41) is 7.18. The highest BCUT2D eigenvalue weighted by molar-refractivity contribution is 7.07. The number of hydrogen-bond donors (Lipinski definition) is 1. The highest BCUT2D eigenvalue weighted by Crippen LogP contribution is 2.30. The summed E-state index contributed by atoms with van der Waals surface area (Å²) in [5.41, 5.74) is 1.44. The number of nitrogens with one attached hydrogen (secondary N) is 1. The van der Waals surface area contributed by atoms with Crippen LogP contribution in [0.5, 0.6) is 0 Å². The van der Waals surface area contributed by atoms with E-state index in [1.54, 1.807) is 11.3 Å². The normalized spacial score (nSPS) is 13.5. The second-order valence-corrected chi connectivity index (χ2v) is 5.08. The maximum atomic E-state index is 12.5. The van der Waals surface area contributed by atoms with Crippen LogP contribution >= 0.6 is 11.3 Å². The molecule has 19 heavy (non-hydrogen) atoms. The Balaban J connectivity index is 2.15. The smallest absolute Gasteiger partial charge is 0.313 e. The molecule has 1 heterocycles. The first-order valence-electron chi connectivity index (χ1n) is 5.86. The summed E-state index contributed by atoms with van der Waals surface area (Å²) >= 11 is 1.62. The van der Waals surface area contributed by atoms with Crippen molar-refractivity contribution < 1.29 is 13.2 Å². The molecule has 1 aromatic carbocycles. The Morgan fingerprint density at radius 2 is 1.84 bits per heavy atom. The molecule has 0 saturated carbocycles. The van der Waals surface area contributed by atoms with Crippen LogP contribution in [0.1, 0.15) is 22.7 Å². The van der Waals surface area contributed by atoms with Gasteiger partial charge in [-0.05, 0) is 53.6 Å². The van der Waals surface area contributed by atoms with E-state index < -0.39 is 11.7 Å². The summed E-state index contributed by atoms with van der Waals surface area (Å²) in [7, 11) is 1.81. The van der Waals surface area contributed by atoms with E-state index in [2.05, 4.69) is 10.7 Å². The first-order valence-corrected chi connectivity index (χ1v) is 6.80. The molecule has 0 fully saturated rings. The number of benzene rings is 1. The molecule has 5 heteroatoms. The molecule has 102 valence electrons. The van der Waals surface area contributed by atoms with Crippen molar-refractivity contribution >= 4 is 11.3 Å². The Bertz CT molecular complexity index is 502. The number of likely N-dealkylation sites (N-methyl/N-ethyl adjacent to an activating group) is 1. The Morgan fingerprint density at radius 1 is 1.16 bits per heavy atom. The van der Waals surface area contributed by atoms with Crippen LogP contribution in [-0.2, 0) is 12.6 Å². The van der Waals surface area contributed by atoms with Crippen molar-refractivity contribution in [3.05, 3.63) is 57.8 Å². The van der Waals surface area contributed by atoms with E-state index >= 15 is 0 Å². The molecule has 2 rings (SSSR count). The van der Waals surface area contributed by atoms with Crippen LogP contribution < -0.4 is 5.32 Å². The van der Waals surface area contributed by atoms with Crippen LogP contribution in [-0.4, -0.2) is 7.05 Å². The van der Waals surface area contributed by atoms with E-state index in [1.165, 1.54) is 17.7 Å². The van der Waals surface area contributed by atoms with Crippen LogP contribution in [0.2, 0.25) is 0 Å². The molecule has 0 aliphatic carbocycles. The topological polar surface area (TPSA) is 12.0 Å². The van der Waals surface area contributed by atoms with Gasteiger partial charge in [-0.15, -0.1) is 0 Å². The van der Waals surface area contributed by atoms with Gasteiger partial charge in [0.25, 0.3) is 0 Å². The Labute approximate surface area is 114 Å². The first-order chi connectivity index (χ1) is 9.00. The van der Waals surface area contributed by atoms with Crippen LogP contribution in [0.15, 0.2) is 41.1 Å². The van der Waals surface area contributed by atoms with Crippen molar-refractivity contribution in [3.63, 3.8) is 0 Å². The minimum atomic E-state index is -4.28. The van der Waals surface area contributed by atoms with Gasteiger partial charge in [0.1, 0.15) is 0 Å². The van der Waals surface area contributed by atoms with Gasteiger partial charge in [-0.1, -0.05) is 12.1 Å². The average molecular weight is 285 g/mol. The summed E-state index contributed by atoms with van der Waals surface area (Å²) < 4.78 is 37.5. The molecule has 1 unspecified atom stereocenters. The van der Waals surface area contributed by atoms with Crippen molar-refractivity contribution in [3.8, 4) is 0 Å². The second-order valence-electron chi connectivity index (χ2n) is 4.30. The van der Waals surface area contributed by atoms with Crippen LogP contribution in [0.3, 0.4) is 0 Å². The molecule has 0 saturated heterocycles. The molecule has 1 atom stereocenters. The van der Waals surface area contributed by atoms with E-state index in [-0.39, 0.29) is 6.04 Å². The Kier molecular flexibility index (Phi) is 4.27. The van der Waals surface area contributed by atoms with E-state index in [0.717, 1.165) is 24.1 Å². The molecule has 1 aromatic heterocycles. The van der Waals surface area contributed by atoms with Crippen molar-refractivity contribution in [2.75, 3.05) is 7.05 Å². The molecule has 0 radical (unpaired) electrons. The molecule has 0 aliphatic rings. The number of thiophene rings is 1. The number of alkyl halides is 3. The highest BCUT2D eigenvalue weighted by atomic mass is 32.1. The summed E-state index contributed by atoms with van der Waals surface area (Å²) in [6.07, 6.45) is -3.51. The predicted octanol–water partition coefficient (Wildman–Crippen LogP) is 4.27. The van der Waals surface area contributed by atoms with Gasteiger partial charge < -0.3 is 5.32 Å². The largest absolute Gasteiger partial charge is 0.416 e. The summed E-state index contributed by atoms with van der Waals surface area (Å²) in [6.45, 7) is 0. The zero-order chi connectivity index (χ0) is 13.9. The fourth-order valence-corrected chi connectivity index (χ4v) is 2.62. The Hall–Kier alpha value is -1.33. The lowest BCUT2D eigenvalue weighted by molar-refractivity contribution is -0.137. The average Bonchev–Trinajstić information content (AvgIpc) is 2.88. The van der Waals surface area contributed by atoms with Crippen molar-refractivity contribution in [1.82, 2.24) is 5.32 Å². The first kappa shape index (κ1) is 14.1. The molecule has 1 nitrogen and oxygen atoms in total. The summed E-state index contributed by atoms with van der Waals surface area (Å²) in [6, 6.07) is 7.39. The van der Waals surface area contributed by atoms with Crippen molar-refractivity contribution in [2.24, 2.45) is 0 Å². The molecule has 0 aliphatic heterocycles. The van der Waals surface area contributed by atoms with E-state index in [4.69, 9.17) is 0 Å². The summed E-state index contributed by atoms with van der Waals surface area (Å²) in [4.78, 5) is 0. The standard InChI is InChI=1S/C14H14F3NS/c1-18-13(8-10-6-7-19-9-10)11-2-4-12(5-3-11)14(15,16)17/h2-7,9,13,18H,8H2,1H3. The summed E-state index contributed by atoms with van der Waals surface area (Å²) in [5.74, 6) is 0. The third kappa shape index (κ3) is 3.58. The molecule has 0 spiro atoms.